The summed E-state index contributed by atoms with van der Waals surface area (Å²) in [5.74, 6) is 0. The lowest BCUT2D eigenvalue weighted by molar-refractivity contribution is -0.384. The van der Waals surface area contributed by atoms with E-state index in [4.69, 9.17) is 0 Å². The second-order valence-electron chi connectivity index (χ2n) is 3.58. The van der Waals surface area contributed by atoms with E-state index in [1.54, 1.807) is 12.1 Å². The van der Waals surface area contributed by atoms with Gasteiger partial charge in [0, 0.05) is 32.4 Å². The number of hydrogen-bond donors (Lipinski definition) is 0. The Morgan fingerprint density at radius 1 is 1.33 bits per heavy atom. The minimum atomic E-state index is -0.394. The van der Waals surface area contributed by atoms with Crippen molar-refractivity contribution in [1.82, 2.24) is 4.90 Å². The first-order valence-corrected chi connectivity index (χ1v) is 4.60. The Morgan fingerprint density at radius 3 is 2.27 bits per heavy atom. The smallest absolute Gasteiger partial charge is 0.269 e. The van der Waals surface area contributed by atoms with E-state index >= 15 is 0 Å². The molecule has 15 heavy (non-hydrogen) atoms. The molecule has 0 heterocycles. The molecule has 1 aromatic carbocycles. The van der Waals surface area contributed by atoms with Crippen molar-refractivity contribution < 1.29 is 4.92 Å². The predicted octanol–water partition coefficient (Wildman–Crippen LogP) is 2.52. The van der Waals surface area contributed by atoms with Gasteiger partial charge in [-0.2, -0.15) is 0 Å². The van der Waals surface area contributed by atoms with Gasteiger partial charge in [0.1, 0.15) is 0 Å². The van der Waals surface area contributed by atoms with E-state index in [-0.39, 0.29) is 5.69 Å². The maximum Gasteiger partial charge on any atom is 0.269 e. The largest absolute Gasteiger partial charge is 0.383 e. The summed E-state index contributed by atoms with van der Waals surface area (Å²) in [5.41, 5.74) is 2.20. The van der Waals surface area contributed by atoms with Gasteiger partial charge in [0.15, 0.2) is 0 Å². The van der Waals surface area contributed by atoms with Crippen molar-refractivity contribution in [2.24, 2.45) is 0 Å². The minimum Gasteiger partial charge on any atom is -0.383 e. The van der Waals surface area contributed by atoms with E-state index in [0.717, 1.165) is 11.1 Å². The molecule has 1 aromatic rings. The average molecular weight is 206 g/mol. The third-order valence-corrected chi connectivity index (χ3v) is 1.99. The minimum absolute atomic E-state index is 0.122. The van der Waals surface area contributed by atoms with Gasteiger partial charge in [-0.15, -0.1) is 0 Å². The summed E-state index contributed by atoms with van der Waals surface area (Å²) in [6.07, 6.45) is 1.97. The summed E-state index contributed by atoms with van der Waals surface area (Å²) < 4.78 is 0. The molecule has 0 atom stereocenters. The first-order valence-electron chi connectivity index (χ1n) is 4.60. The highest BCUT2D eigenvalue weighted by molar-refractivity contribution is 5.64. The van der Waals surface area contributed by atoms with Crippen molar-refractivity contribution in [3.8, 4) is 0 Å². The maximum atomic E-state index is 10.4. The maximum absolute atomic E-state index is 10.4. The standard InChI is InChI=1S/C11H14N2O2/c1-9(8-12(2)3)10-4-6-11(7-5-10)13(14)15/h4-8H,1-3H3/b9-8+. The molecule has 0 N–H and O–H groups in total. The van der Waals surface area contributed by atoms with Crippen LogP contribution < -0.4 is 0 Å². The third kappa shape index (κ3) is 3.09. The number of nitrogens with zero attached hydrogens (tertiary/aromatic N) is 2. The highest BCUT2D eigenvalue weighted by Gasteiger charge is 2.04. The van der Waals surface area contributed by atoms with Gasteiger partial charge in [0.2, 0.25) is 0 Å². The highest BCUT2D eigenvalue weighted by atomic mass is 16.6. The lowest BCUT2D eigenvalue weighted by Gasteiger charge is -2.08. The Balaban J connectivity index is 2.94. The molecule has 0 saturated heterocycles. The molecule has 0 aliphatic carbocycles. The molecule has 1 rings (SSSR count). The highest BCUT2D eigenvalue weighted by Crippen LogP contribution is 2.18. The molecule has 0 spiro atoms. The Hall–Kier alpha value is -1.84. The molecule has 0 aromatic heterocycles. The molecular weight excluding hydrogens is 192 g/mol. The second kappa shape index (κ2) is 4.59. The van der Waals surface area contributed by atoms with Gasteiger partial charge >= 0.3 is 0 Å². The van der Waals surface area contributed by atoms with Gasteiger partial charge in [-0.3, -0.25) is 10.1 Å². The molecule has 0 amide bonds. The van der Waals surface area contributed by atoms with Crippen LogP contribution in [0.15, 0.2) is 30.5 Å². The normalized spacial score (nSPS) is 11.3. The van der Waals surface area contributed by atoms with E-state index in [1.165, 1.54) is 12.1 Å². The fraction of sp³-hybridized carbons (Fsp3) is 0.273. The number of allylic oxidation sites excluding steroid dienone is 1. The molecule has 0 saturated carbocycles. The topological polar surface area (TPSA) is 46.4 Å². The zero-order valence-electron chi connectivity index (χ0n) is 9.10. The SMILES string of the molecule is C/C(=C\N(C)C)c1ccc([N+](=O)[O-])cc1. The molecular formula is C11H14N2O2. The lowest BCUT2D eigenvalue weighted by Crippen LogP contribution is -2.01. The van der Waals surface area contributed by atoms with E-state index in [9.17, 15) is 10.1 Å². The monoisotopic (exact) mass is 206 g/mol. The van der Waals surface area contributed by atoms with Gasteiger partial charge in [-0.05, 0) is 30.2 Å². The lowest BCUT2D eigenvalue weighted by atomic mass is 10.1. The average Bonchev–Trinajstić information content (AvgIpc) is 2.17. The summed E-state index contributed by atoms with van der Waals surface area (Å²) in [5, 5.41) is 10.4. The molecule has 0 aliphatic rings. The number of non-ortho nitro benzene ring substituents is 1. The second-order valence-corrected chi connectivity index (χ2v) is 3.58. The number of benzene rings is 1. The van der Waals surface area contributed by atoms with Gasteiger partial charge in [0.25, 0.3) is 5.69 Å². The number of nitro groups is 1. The Labute approximate surface area is 89.0 Å². The molecule has 0 bridgehead atoms. The van der Waals surface area contributed by atoms with E-state index in [0.29, 0.717) is 0 Å². The Bertz CT molecular complexity index is 380. The van der Waals surface area contributed by atoms with Gasteiger partial charge in [-0.25, -0.2) is 0 Å². The van der Waals surface area contributed by atoms with Crippen LogP contribution in [0.25, 0.3) is 5.57 Å². The molecule has 4 nitrogen and oxygen atoms in total. The zero-order valence-corrected chi connectivity index (χ0v) is 9.10. The van der Waals surface area contributed by atoms with Crippen LogP contribution in [0.4, 0.5) is 5.69 Å². The van der Waals surface area contributed by atoms with Crippen molar-refractivity contribution >= 4 is 11.3 Å². The van der Waals surface area contributed by atoms with Crippen molar-refractivity contribution in [3.63, 3.8) is 0 Å². The fourth-order valence-electron chi connectivity index (χ4n) is 1.31. The molecule has 0 aliphatic heterocycles. The summed E-state index contributed by atoms with van der Waals surface area (Å²) in [6, 6.07) is 6.55. The first kappa shape index (κ1) is 11.2. The van der Waals surface area contributed by atoms with E-state index in [1.807, 2.05) is 32.1 Å². The van der Waals surface area contributed by atoms with Crippen LogP contribution in [-0.2, 0) is 0 Å². The zero-order chi connectivity index (χ0) is 11.4. The van der Waals surface area contributed by atoms with Crippen molar-refractivity contribution in [1.29, 1.82) is 0 Å². The van der Waals surface area contributed by atoms with Crippen LogP contribution in [0.2, 0.25) is 0 Å². The van der Waals surface area contributed by atoms with Gasteiger partial charge in [0.05, 0.1) is 4.92 Å². The quantitative estimate of drug-likeness (QED) is 0.564. The van der Waals surface area contributed by atoms with Crippen molar-refractivity contribution in [3.05, 3.63) is 46.1 Å². The van der Waals surface area contributed by atoms with Crippen molar-refractivity contribution in [2.45, 2.75) is 6.92 Å². The third-order valence-electron chi connectivity index (χ3n) is 1.99. The van der Waals surface area contributed by atoms with E-state index < -0.39 is 4.92 Å². The first-order chi connectivity index (χ1) is 7.00. The van der Waals surface area contributed by atoms with Crippen LogP contribution in [-0.4, -0.2) is 23.9 Å². The van der Waals surface area contributed by atoms with E-state index in [2.05, 4.69) is 0 Å². The number of hydrogen-bond acceptors (Lipinski definition) is 3. The summed E-state index contributed by atoms with van der Waals surface area (Å²) in [7, 11) is 3.88. The number of nitro benzene ring substituents is 1. The summed E-state index contributed by atoms with van der Waals surface area (Å²) >= 11 is 0. The fourth-order valence-corrected chi connectivity index (χ4v) is 1.31. The molecule has 0 radical (unpaired) electrons. The van der Waals surface area contributed by atoms with Crippen LogP contribution in [0, 0.1) is 10.1 Å². The number of rotatable bonds is 3. The molecule has 4 heteroatoms. The van der Waals surface area contributed by atoms with Gasteiger partial charge in [-0.1, -0.05) is 0 Å². The van der Waals surface area contributed by atoms with Crippen molar-refractivity contribution in [2.75, 3.05) is 14.1 Å². The summed E-state index contributed by atoms with van der Waals surface area (Å²) in [6.45, 7) is 1.97. The molecule has 0 unspecified atom stereocenters. The molecule has 0 fully saturated rings. The van der Waals surface area contributed by atoms with Crippen LogP contribution in [0.1, 0.15) is 12.5 Å². The Kier molecular flexibility index (Phi) is 3.44. The van der Waals surface area contributed by atoms with Gasteiger partial charge < -0.3 is 4.90 Å². The van der Waals surface area contributed by atoms with Crippen LogP contribution >= 0.6 is 0 Å². The van der Waals surface area contributed by atoms with Crippen LogP contribution in [0.5, 0.6) is 0 Å². The predicted molar refractivity (Wildman–Crippen MR) is 60.4 cm³/mol. The Morgan fingerprint density at radius 2 is 1.87 bits per heavy atom. The molecule has 80 valence electrons. The van der Waals surface area contributed by atoms with Crippen LogP contribution in [0.3, 0.4) is 0 Å². The summed E-state index contributed by atoms with van der Waals surface area (Å²) in [4.78, 5) is 12.0.